The van der Waals surface area contributed by atoms with Crippen molar-refractivity contribution < 1.29 is 9.50 Å². The van der Waals surface area contributed by atoms with E-state index >= 15 is 0 Å². The lowest BCUT2D eigenvalue weighted by Crippen LogP contribution is -2.02. The molecule has 1 N–H and O–H groups in total. The Morgan fingerprint density at radius 2 is 2.33 bits per heavy atom. The van der Waals surface area contributed by atoms with Crippen LogP contribution in [0, 0.1) is 5.82 Å². The first-order chi connectivity index (χ1) is 5.68. The van der Waals surface area contributed by atoms with Crippen molar-refractivity contribution in [3.8, 4) is 0 Å². The van der Waals surface area contributed by atoms with Crippen molar-refractivity contribution in [3.63, 3.8) is 0 Å². The molecule has 1 rings (SSSR count). The van der Waals surface area contributed by atoms with Gasteiger partial charge < -0.3 is 5.11 Å². The summed E-state index contributed by atoms with van der Waals surface area (Å²) >= 11 is 0. The molecule has 1 heterocycles. The standard InChI is InChI=1S/C9H12FNO/c1-7(12)2-4-9-5-3-8(10)6-11-9/h3,5-7,12H,2,4H2,1H3. The molecule has 0 radical (unpaired) electrons. The Hall–Kier alpha value is -0.960. The van der Waals surface area contributed by atoms with Crippen LogP contribution in [0.1, 0.15) is 19.0 Å². The molecule has 0 saturated carbocycles. The Bertz CT molecular complexity index is 233. The van der Waals surface area contributed by atoms with E-state index in [2.05, 4.69) is 4.98 Å². The monoisotopic (exact) mass is 169 g/mol. The average Bonchev–Trinajstić information content (AvgIpc) is 2.03. The summed E-state index contributed by atoms with van der Waals surface area (Å²) in [6.07, 6.45) is 2.23. The highest BCUT2D eigenvalue weighted by Gasteiger charge is 1.98. The predicted molar refractivity (Wildman–Crippen MR) is 44.2 cm³/mol. The molecular weight excluding hydrogens is 157 g/mol. The van der Waals surface area contributed by atoms with Crippen molar-refractivity contribution in [2.24, 2.45) is 0 Å². The molecule has 12 heavy (non-hydrogen) atoms. The summed E-state index contributed by atoms with van der Waals surface area (Å²) in [5, 5.41) is 8.97. The van der Waals surface area contributed by atoms with Crippen LogP contribution in [0.2, 0.25) is 0 Å². The van der Waals surface area contributed by atoms with E-state index in [0.29, 0.717) is 12.8 Å². The third-order valence-electron chi connectivity index (χ3n) is 1.61. The van der Waals surface area contributed by atoms with Gasteiger partial charge in [0.25, 0.3) is 0 Å². The van der Waals surface area contributed by atoms with Gasteiger partial charge in [-0.1, -0.05) is 0 Å². The zero-order valence-electron chi connectivity index (χ0n) is 7.00. The van der Waals surface area contributed by atoms with Gasteiger partial charge in [0.05, 0.1) is 12.3 Å². The summed E-state index contributed by atoms with van der Waals surface area (Å²) in [6, 6.07) is 3.02. The highest BCUT2D eigenvalue weighted by molar-refractivity contribution is 5.05. The molecule has 0 fully saturated rings. The van der Waals surface area contributed by atoms with E-state index in [4.69, 9.17) is 5.11 Å². The highest BCUT2D eigenvalue weighted by Crippen LogP contribution is 2.03. The maximum absolute atomic E-state index is 12.4. The minimum absolute atomic E-state index is 0.322. The molecule has 0 amide bonds. The van der Waals surface area contributed by atoms with Crippen LogP contribution in [-0.4, -0.2) is 16.2 Å². The molecule has 1 unspecified atom stereocenters. The van der Waals surface area contributed by atoms with Gasteiger partial charge in [0.15, 0.2) is 0 Å². The largest absolute Gasteiger partial charge is 0.393 e. The molecule has 0 aliphatic heterocycles. The maximum Gasteiger partial charge on any atom is 0.141 e. The van der Waals surface area contributed by atoms with E-state index in [1.165, 1.54) is 12.3 Å². The number of aromatic nitrogens is 1. The number of rotatable bonds is 3. The van der Waals surface area contributed by atoms with Crippen molar-refractivity contribution in [1.82, 2.24) is 4.98 Å². The molecule has 1 aromatic rings. The van der Waals surface area contributed by atoms with Crippen LogP contribution in [-0.2, 0) is 6.42 Å². The minimum atomic E-state index is -0.323. The lowest BCUT2D eigenvalue weighted by Gasteiger charge is -2.02. The van der Waals surface area contributed by atoms with Gasteiger partial charge in [-0.25, -0.2) is 4.39 Å². The third-order valence-corrected chi connectivity index (χ3v) is 1.61. The fourth-order valence-corrected chi connectivity index (χ4v) is 0.911. The number of pyridine rings is 1. The number of halogens is 1. The van der Waals surface area contributed by atoms with Gasteiger partial charge in [0, 0.05) is 5.69 Å². The van der Waals surface area contributed by atoms with Crippen LogP contribution in [0.25, 0.3) is 0 Å². The van der Waals surface area contributed by atoms with E-state index in [9.17, 15) is 4.39 Å². The van der Waals surface area contributed by atoms with Crippen molar-refractivity contribution in [2.45, 2.75) is 25.9 Å². The van der Waals surface area contributed by atoms with Crippen LogP contribution in [0.4, 0.5) is 4.39 Å². The second-order valence-corrected chi connectivity index (χ2v) is 2.86. The minimum Gasteiger partial charge on any atom is -0.393 e. The molecule has 0 aliphatic carbocycles. The maximum atomic E-state index is 12.4. The van der Waals surface area contributed by atoms with E-state index in [1.54, 1.807) is 13.0 Å². The van der Waals surface area contributed by atoms with Crippen LogP contribution in [0.3, 0.4) is 0 Å². The summed E-state index contributed by atoms with van der Waals surface area (Å²) in [6.45, 7) is 1.73. The fraction of sp³-hybridized carbons (Fsp3) is 0.444. The zero-order chi connectivity index (χ0) is 8.97. The van der Waals surface area contributed by atoms with Gasteiger partial charge in [-0.05, 0) is 31.9 Å². The summed E-state index contributed by atoms with van der Waals surface area (Å²) in [5.74, 6) is -0.323. The average molecular weight is 169 g/mol. The lowest BCUT2D eigenvalue weighted by molar-refractivity contribution is 0.184. The number of nitrogens with zero attached hydrogens (tertiary/aromatic N) is 1. The molecule has 66 valence electrons. The van der Waals surface area contributed by atoms with E-state index < -0.39 is 0 Å². The fourth-order valence-electron chi connectivity index (χ4n) is 0.911. The number of aryl methyl sites for hydroxylation is 1. The SMILES string of the molecule is CC(O)CCc1ccc(F)cn1. The van der Waals surface area contributed by atoms with E-state index in [1.807, 2.05) is 0 Å². The van der Waals surface area contributed by atoms with Crippen LogP contribution in [0.15, 0.2) is 18.3 Å². The third kappa shape index (κ3) is 2.96. The van der Waals surface area contributed by atoms with Gasteiger partial charge in [0.2, 0.25) is 0 Å². The first-order valence-corrected chi connectivity index (χ1v) is 3.97. The normalized spacial score (nSPS) is 12.9. The summed E-state index contributed by atoms with van der Waals surface area (Å²) < 4.78 is 12.4. The van der Waals surface area contributed by atoms with E-state index in [-0.39, 0.29) is 11.9 Å². The van der Waals surface area contributed by atoms with Gasteiger partial charge in [-0.15, -0.1) is 0 Å². The molecule has 0 saturated heterocycles. The lowest BCUT2D eigenvalue weighted by atomic mass is 10.1. The molecule has 3 heteroatoms. The van der Waals surface area contributed by atoms with Gasteiger partial charge in [-0.3, -0.25) is 4.98 Å². The Kier molecular flexibility index (Phi) is 3.17. The summed E-state index contributed by atoms with van der Waals surface area (Å²) in [5.41, 5.74) is 0.817. The highest BCUT2D eigenvalue weighted by atomic mass is 19.1. The van der Waals surface area contributed by atoms with Crippen LogP contribution in [0.5, 0.6) is 0 Å². The molecule has 0 aliphatic rings. The molecule has 0 bridgehead atoms. The molecule has 0 spiro atoms. The Balaban J connectivity index is 2.48. The predicted octanol–water partition coefficient (Wildman–Crippen LogP) is 1.53. The van der Waals surface area contributed by atoms with Gasteiger partial charge in [-0.2, -0.15) is 0 Å². The van der Waals surface area contributed by atoms with E-state index in [0.717, 1.165) is 5.69 Å². The Morgan fingerprint density at radius 1 is 1.58 bits per heavy atom. The van der Waals surface area contributed by atoms with Gasteiger partial charge in [0.1, 0.15) is 5.82 Å². The first-order valence-electron chi connectivity index (χ1n) is 3.97. The van der Waals surface area contributed by atoms with Crippen molar-refractivity contribution in [1.29, 1.82) is 0 Å². The molecule has 2 nitrogen and oxygen atoms in total. The summed E-state index contributed by atoms with van der Waals surface area (Å²) in [4.78, 5) is 3.86. The number of hydrogen-bond acceptors (Lipinski definition) is 2. The first kappa shape index (κ1) is 9.13. The van der Waals surface area contributed by atoms with Crippen molar-refractivity contribution in [2.75, 3.05) is 0 Å². The number of aliphatic hydroxyl groups excluding tert-OH is 1. The number of hydrogen-bond donors (Lipinski definition) is 1. The Labute approximate surface area is 71.1 Å². The molecule has 1 aromatic heterocycles. The topological polar surface area (TPSA) is 33.1 Å². The van der Waals surface area contributed by atoms with Crippen LogP contribution < -0.4 is 0 Å². The van der Waals surface area contributed by atoms with Crippen LogP contribution >= 0.6 is 0 Å². The number of aliphatic hydroxyl groups is 1. The zero-order valence-corrected chi connectivity index (χ0v) is 7.00. The molecule has 1 atom stereocenters. The Morgan fingerprint density at radius 3 is 2.83 bits per heavy atom. The second kappa shape index (κ2) is 4.16. The van der Waals surface area contributed by atoms with Crippen molar-refractivity contribution >= 4 is 0 Å². The smallest absolute Gasteiger partial charge is 0.141 e. The molecular formula is C9H12FNO. The molecule has 0 aromatic carbocycles. The second-order valence-electron chi connectivity index (χ2n) is 2.86. The quantitative estimate of drug-likeness (QED) is 0.744. The van der Waals surface area contributed by atoms with Gasteiger partial charge >= 0.3 is 0 Å². The van der Waals surface area contributed by atoms with Crippen molar-refractivity contribution in [3.05, 3.63) is 29.8 Å². The summed E-state index contributed by atoms with van der Waals surface area (Å²) in [7, 11) is 0.